The topological polar surface area (TPSA) is 91.9 Å². The van der Waals surface area contributed by atoms with Gasteiger partial charge in [-0.2, -0.15) is 0 Å². The fourth-order valence-electron chi connectivity index (χ4n) is 2.68. The first-order valence-corrected chi connectivity index (χ1v) is 8.67. The Kier molecular flexibility index (Phi) is 9.04. The Morgan fingerprint density at radius 1 is 1.33 bits per heavy atom. The number of pyridine rings is 1. The second-order valence-corrected chi connectivity index (χ2v) is 6.32. The molecule has 1 unspecified atom stereocenters. The number of aromatic nitrogens is 1. The van der Waals surface area contributed by atoms with Crippen LogP contribution in [0.2, 0.25) is 0 Å². The van der Waals surface area contributed by atoms with Gasteiger partial charge in [0.15, 0.2) is 5.96 Å². The number of guanidine groups is 1. The largest absolute Gasteiger partial charge is 0.481 e. The second kappa shape index (κ2) is 10.5. The lowest BCUT2D eigenvalue weighted by molar-refractivity contribution is 0.0601. The number of aryl methyl sites for hydroxylation is 2. The minimum Gasteiger partial charge on any atom is -0.481 e. The normalized spacial score (nSPS) is 13.5. The molecule has 0 saturated heterocycles. The van der Waals surface area contributed by atoms with Gasteiger partial charge in [-0.15, -0.1) is 24.0 Å². The number of nitrogens with zero attached hydrogens (tertiary/aromatic N) is 2. The van der Waals surface area contributed by atoms with Crippen molar-refractivity contribution >= 4 is 29.9 Å². The average molecular weight is 488 g/mol. The van der Waals surface area contributed by atoms with Gasteiger partial charge in [-0.1, -0.05) is 6.07 Å². The molecule has 0 aliphatic rings. The Morgan fingerprint density at radius 3 is 2.67 bits per heavy atom. The Balaban J connectivity index is 0.00000364. The number of nitrogens with one attached hydrogen (secondary N) is 2. The quantitative estimate of drug-likeness (QED) is 0.316. The molecule has 0 spiro atoms. The van der Waals surface area contributed by atoms with Crippen molar-refractivity contribution in [2.45, 2.75) is 39.8 Å². The monoisotopic (exact) mass is 488 g/mol. The number of methoxy groups -OCH3 is 1. The highest BCUT2D eigenvalue weighted by Crippen LogP contribution is 2.26. The Hall–Kier alpha value is -1.81. The zero-order valence-corrected chi connectivity index (χ0v) is 18.8. The maximum absolute atomic E-state index is 10.8. The molecule has 0 fully saturated rings. The molecule has 0 aromatic carbocycles. The van der Waals surface area contributed by atoms with Gasteiger partial charge in [-0.05, 0) is 39.8 Å². The van der Waals surface area contributed by atoms with Crippen molar-refractivity contribution in [3.63, 3.8) is 0 Å². The summed E-state index contributed by atoms with van der Waals surface area (Å²) in [6.07, 6.45) is 0. The molecule has 0 amide bonds. The Labute approximate surface area is 177 Å². The van der Waals surface area contributed by atoms with Gasteiger partial charge in [0.25, 0.3) is 0 Å². The molecular formula is C19H29IN4O3. The van der Waals surface area contributed by atoms with E-state index in [4.69, 9.17) is 9.15 Å². The predicted molar refractivity (Wildman–Crippen MR) is 117 cm³/mol. The van der Waals surface area contributed by atoms with E-state index in [1.54, 1.807) is 20.1 Å². The molecule has 2 heterocycles. The first-order chi connectivity index (χ1) is 12.4. The molecular weight excluding hydrogens is 459 g/mol. The number of hydrogen-bond donors (Lipinski definition) is 3. The first-order valence-electron chi connectivity index (χ1n) is 8.67. The second-order valence-electron chi connectivity index (χ2n) is 6.32. The van der Waals surface area contributed by atoms with Crippen LogP contribution in [-0.2, 0) is 12.1 Å². The lowest BCUT2D eigenvalue weighted by atomic mass is 9.96. The minimum absolute atomic E-state index is 0. The molecule has 0 aliphatic carbocycles. The fourth-order valence-corrected chi connectivity index (χ4v) is 2.68. The molecule has 3 N–H and O–H groups in total. The van der Waals surface area contributed by atoms with Crippen LogP contribution in [-0.4, -0.2) is 36.2 Å². The highest BCUT2D eigenvalue weighted by atomic mass is 127. The van der Waals surface area contributed by atoms with Crippen LogP contribution >= 0.6 is 24.0 Å². The molecule has 27 heavy (non-hydrogen) atoms. The summed E-state index contributed by atoms with van der Waals surface area (Å²) in [7, 11) is 1.59. The van der Waals surface area contributed by atoms with Crippen molar-refractivity contribution in [2.75, 3.05) is 20.2 Å². The van der Waals surface area contributed by atoms with Crippen LogP contribution < -0.4 is 15.4 Å². The minimum atomic E-state index is -1.08. The molecule has 2 aromatic rings. The molecule has 0 radical (unpaired) electrons. The van der Waals surface area contributed by atoms with Crippen molar-refractivity contribution < 1.29 is 14.3 Å². The lowest BCUT2D eigenvalue weighted by Crippen LogP contribution is -2.44. The maximum atomic E-state index is 10.8. The van der Waals surface area contributed by atoms with Crippen molar-refractivity contribution in [3.05, 3.63) is 47.0 Å². The van der Waals surface area contributed by atoms with Crippen LogP contribution in [0, 0.1) is 13.8 Å². The third-order valence-electron chi connectivity index (χ3n) is 3.96. The summed E-state index contributed by atoms with van der Waals surface area (Å²) in [4.78, 5) is 8.87. The van der Waals surface area contributed by atoms with Gasteiger partial charge >= 0.3 is 0 Å². The zero-order valence-electron chi connectivity index (χ0n) is 16.5. The van der Waals surface area contributed by atoms with E-state index >= 15 is 0 Å². The lowest BCUT2D eigenvalue weighted by Gasteiger charge is -2.24. The van der Waals surface area contributed by atoms with E-state index < -0.39 is 5.60 Å². The SMILES string of the molecule is CCNC(=NCc1cccc(OC)n1)NCC(C)(O)c1cc(C)oc1C.I. The van der Waals surface area contributed by atoms with Crippen LogP contribution in [0.1, 0.15) is 36.6 Å². The summed E-state index contributed by atoms with van der Waals surface area (Å²) in [5.41, 5.74) is 0.495. The molecule has 0 saturated carbocycles. The molecule has 2 rings (SSSR count). The molecule has 8 heteroatoms. The third-order valence-corrected chi connectivity index (χ3v) is 3.96. The van der Waals surface area contributed by atoms with E-state index in [-0.39, 0.29) is 24.0 Å². The number of halogens is 1. The Bertz CT molecular complexity index is 759. The van der Waals surface area contributed by atoms with Crippen molar-refractivity contribution in [1.29, 1.82) is 0 Å². The summed E-state index contributed by atoms with van der Waals surface area (Å²) >= 11 is 0. The van der Waals surface area contributed by atoms with Gasteiger partial charge < -0.3 is 24.9 Å². The smallest absolute Gasteiger partial charge is 0.213 e. The van der Waals surface area contributed by atoms with E-state index in [0.29, 0.717) is 31.5 Å². The van der Waals surface area contributed by atoms with Gasteiger partial charge in [-0.3, -0.25) is 0 Å². The molecule has 2 aromatic heterocycles. The maximum Gasteiger partial charge on any atom is 0.213 e. The van der Waals surface area contributed by atoms with Gasteiger partial charge in [0.1, 0.15) is 17.1 Å². The summed E-state index contributed by atoms with van der Waals surface area (Å²) in [5.74, 6) is 2.67. The molecule has 0 aliphatic heterocycles. The fraction of sp³-hybridized carbons (Fsp3) is 0.474. The molecule has 150 valence electrons. The molecule has 7 nitrogen and oxygen atoms in total. The summed E-state index contributed by atoms with van der Waals surface area (Å²) in [5, 5.41) is 17.2. The van der Waals surface area contributed by atoms with E-state index in [2.05, 4.69) is 20.6 Å². The van der Waals surface area contributed by atoms with Crippen LogP contribution in [0.15, 0.2) is 33.7 Å². The van der Waals surface area contributed by atoms with Crippen LogP contribution in [0.25, 0.3) is 0 Å². The summed E-state index contributed by atoms with van der Waals surface area (Å²) < 4.78 is 10.7. The van der Waals surface area contributed by atoms with E-state index in [1.165, 1.54) is 0 Å². The number of furan rings is 1. The van der Waals surface area contributed by atoms with Crippen LogP contribution in [0.3, 0.4) is 0 Å². The van der Waals surface area contributed by atoms with E-state index in [1.807, 2.05) is 39.0 Å². The van der Waals surface area contributed by atoms with Gasteiger partial charge in [0.05, 0.1) is 25.9 Å². The van der Waals surface area contributed by atoms with Crippen molar-refractivity contribution in [3.8, 4) is 5.88 Å². The standard InChI is InChI=1S/C19H28N4O3.HI/c1-6-20-18(21-11-15-8-7-9-17(23-15)25-5)22-12-19(4,24)16-10-13(2)26-14(16)3;/h7-10,24H,6,11-12H2,1-5H3,(H2,20,21,22);1H. The number of aliphatic hydroxyl groups is 1. The molecule has 1 atom stereocenters. The molecule has 0 bridgehead atoms. The highest BCUT2D eigenvalue weighted by molar-refractivity contribution is 14.0. The number of rotatable bonds is 7. The average Bonchev–Trinajstić information content (AvgIpc) is 2.97. The Morgan fingerprint density at radius 2 is 2.07 bits per heavy atom. The van der Waals surface area contributed by atoms with Gasteiger partial charge in [0.2, 0.25) is 5.88 Å². The highest BCUT2D eigenvalue weighted by Gasteiger charge is 2.27. The van der Waals surface area contributed by atoms with Crippen molar-refractivity contribution in [1.82, 2.24) is 15.6 Å². The van der Waals surface area contributed by atoms with Gasteiger partial charge in [0, 0.05) is 18.2 Å². The van der Waals surface area contributed by atoms with Crippen LogP contribution in [0.5, 0.6) is 5.88 Å². The first kappa shape index (κ1) is 23.2. The number of hydrogen-bond acceptors (Lipinski definition) is 5. The zero-order chi connectivity index (χ0) is 19.2. The van der Waals surface area contributed by atoms with Crippen molar-refractivity contribution in [2.24, 2.45) is 4.99 Å². The van der Waals surface area contributed by atoms with E-state index in [0.717, 1.165) is 22.8 Å². The summed E-state index contributed by atoms with van der Waals surface area (Å²) in [6, 6.07) is 7.43. The van der Waals surface area contributed by atoms with E-state index in [9.17, 15) is 5.11 Å². The summed E-state index contributed by atoms with van der Waals surface area (Å²) in [6.45, 7) is 8.87. The third kappa shape index (κ3) is 6.69. The number of ether oxygens (including phenoxy) is 1. The number of aliphatic imine (C=N–C) groups is 1. The van der Waals surface area contributed by atoms with Gasteiger partial charge in [-0.25, -0.2) is 9.98 Å². The van der Waals surface area contributed by atoms with Crippen LogP contribution in [0.4, 0.5) is 0 Å². The predicted octanol–water partition coefficient (Wildman–Crippen LogP) is 2.88.